The molecule has 12 heavy (non-hydrogen) atoms. The zero-order chi connectivity index (χ0) is 9.30. The Kier molecular flexibility index (Phi) is 2.63. The molecule has 1 aliphatic rings. The predicted octanol–water partition coefficient (Wildman–Crippen LogP) is -2.87. The van der Waals surface area contributed by atoms with Gasteiger partial charge in [-0.25, -0.2) is 0 Å². The minimum atomic E-state index is -1.47. The van der Waals surface area contributed by atoms with Crippen molar-refractivity contribution < 1.29 is 25.2 Å². The van der Waals surface area contributed by atoms with E-state index in [2.05, 4.69) is 5.32 Å². The van der Waals surface area contributed by atoms with Crippen molar-refractivity contribution in [2.24, 2.45) is 0 Å². The van der Waals surface area contributed by atoms with Gasteiger partial charge in [0, 0.05) is 6.54 Å². The van der Waals surface area contributed by atoms with E-state index in [9.17, 15) is 4.79 Å². The van der Waals surface area contributed by atoms with E-state index in [1.165, 1.54) is 0 Å². The van der Waals surface area contributed by atoms with Gasteiger partial charge in [0.2, 0.25) is 0 Å². The van der Waals surface area contributed by atoms with Gasteiger partial charge in [0.05, 0.1) is 6.10 Å². The first-order valence-electron chi connectivity index (χ1n) is 3.54. The zero-order valence-corrected chi connectivity index (χ0v) is 6.21. The number of piperidine rings is 1. The number of carbonyl (C=O) groups is 1. The number of rotatable bonds is 1. The van der Waals surface area contributed by atoms with Gasteiger partial charge in [-0.15, -0.1) is 0 Å². The van der Waals surface area contributed by atoms with E-state index in [0.717, 1.165) is 0 Å². The minimum absolute atomic E-state index is 0.0325. The lowest BCUT2D eigenvalue weighted by Crippen LogP contribution is -2.62. The zero-order valence-electron chi connectivity index (χ0n) is 6.21. The van der Waals surface area contributed by atoms with Crippen molar-refractivity contribution >= 4 is 5.97 Å². The van der Waals surface area contributed by atoms with Gasteiger partial charge < -0.3 is 20.4 Å². The molecule has 5 N–H and O–H groups in total. The van der Waals surface area contributed by atoms with Crippen LogP contribution >= 0.6 is 0 Å². The van der Waals surface area contributed by atoms with Crippen LogP contribution in [0.2, 0.25) is 0 Å². The Morgan fingerprint density at radius 1 is 1.25 bits per heavy atom. The van der Waals surface area contributed by atoms with Gasteiger partial charge in [0.15, 0.2) is 0 Å². The highest BCUT2D eigenvalue weighted by atomic mass is 16.4. The fraction of sp³-hybridized carbons (Fsp3) is 0.833. The van der Waals surface area contributed by atoms with Crippen LogP contribution in [0.3, 0.4) is 0 Å². The van der Waals surface area contributed by atoms with E-state index < -0.39 is 30.3 Å². The van der Waals surface area contributed by atoms with Gasteiger partial charge >= 0.3 is 5.97 Å². The normalized spacial score (nSPS) is 42.6. The number of hydrogen-bond donors (Lipinski definition) is 5. The van der Waals surface area contributed by atoms with Crippen LogP contribution in [0.25, 0.3) is 0 Å². The number of carboxylic acids is 1. The SMILES string of the molecule is O=C(O)[C@H]1NC[C@@H](O)[C@H](O)[C@H]1O. The Bertz CT molecular complexity index is 185. The van der Waals surface area contributed by atoms with Crippen molar-refractivity contribution in [3.05, 3.63) is 0 Å². The van der Waals surface area contributed by atoms with E-state index in [-0.39, 0.29) is 6.54 Å². The van der Waals surface area contributed by atoms with Gasteiger partial charge in [-0.1, -0.05) is 0 Å². The summed E-state index contributed by atoms with van der Waals surface area (Å²) in [7, 11) is 0. The molecule has 0 spiro atoms. The fourth-order valence-corrected chi connectivity index (χ4v) is 1.15. The van der Waals surface area contributed by atoms with Crippen LogP contribution in [-0.4, -0.2) is 57.3 Å². The number of β-amino-alcohol motifs (C(OH)–C–C–N with tert-alkyl or cyclic N) is 1. The Morgan fingerprint density at radius 2 is 1.83 bits per heavy atom. The molecule has 4 atom stereocenters. The number of aliphatic hydroxyl groups excluding tert-OH is 3. The van der Waals surface area contributed by atoms with Crippen LogP contribution in [0, 0.1) is 0 Å². The summed E-state index contributed by atoms with van der Waals surface area (Å²) < 4.78 is 0. The highest BCUT2D eigenvalue weighted by Crippen LogP contribution is 2.10. The summed E-state index contributed by atoms with van der Waals surface area (Å²) in [6, 6.07) is -1.21. The molecular formula is C6H11NO5. The van der Waals surface area contributed by atoms with Crippen LogP contribution in [0.15, 0.2) is 0 Å². The molecule has 0 aromatic heterocycles. The number of hydrogen-bond acceptors (Lipinski definition) is 5. The van der Waals surface area contributed by atoms with E-state index in [1.807, 2.05) is 0 Å². The molecule has 1 fully saturated rings. The summed E-state index contributed by atoms with van der Waals surface area (Å²) in [6.45, 7) is -0.0325. The standard InChI is InChI=1S/C6H11NO5/c8-2-1-7-3(6(11)12)5(10)4(2)9/h2-5,7-10H,1H2,(H,11,12)/t2-,3+,4+,5+/m1/s1. The molecule has 0 radical (unpaired) electrons. The van der Waals surface area contributed by atoms with E-state index in [4.69, 9.17) is 20.4 Å². The Labute approximate surface area is 68.4 Å². The molecule has 0 saturated carbocycles. The molecule has 6 heteroatoms. The molecule has 0 aromatic rings. The molecule has 0 unspecified atom stereocenters. The maximum absolute atomic E-state index is 10.4. The second-order valence-corrected chi connectivity index (χ2v) is 2.77. The van der Waals surface area contributed by atoms with Crippen molar-refractivity contribution in [3.63, 3.8) is 0 Å². The third-order valence-electron chi connectivity index (χ3n) is 1.90. The first-order valence-corrected chi connectivity index (χ1v) is 3.54. The predicted molar refractivity (Wildman–Crippen MR) is 37.4 cm³/mol. The van der Waals surface area contributed by atoms with Crippen LogP contribution in [0.4, 0.5) is 0 Å². The summed E-state index contributed by atoms with van der Waals surface area (Å²) in [4.78, 5) is 10.4. The Morgan fingerprint density at radius 3 is 2.33 bits per heavy atom. The van der Waals surface area contributed by atoms with Gasteiger partial charge in [-0.3, -0.25) is 10.1 Å². The van der Waals surface area contributed by atoms with E-state index >= 15 is 0 Å². The van der Waals surface area contributed by atoms with Crippen molar-refractivity contribution in [2.75, 3.05) is 6.54 Å². The van der Waals surface area contributed by atoms with Crippen LogP contribution < -0.4 is 5.32 Å². The maximum atomic E-state index is 10.4. The topological polar surface area (TPSA) is 110 Å². The molecule has 0 bridgehead atoms. The summed E-state index contributed by atoms with van der Waals surface area (Å²) in [5.74, 6) is -1.24. The third-order valence-corrected chi connectivity index (χ3v) is 1.90. The highest BCUT2D eigenvalue weighted by molar-refractivity contribution is 5.74. The Hall–Kier alpha value is -0.690. The second kappa shape index (κ2) is 3.36. The van der Waals surface area contributed by atoms with Crippen molar-refractivity contribution in [1.82, 2.24) is 5.32 Å². The maximum Gasteiger partial charge on any atom is 0.323 e. The van der Waals surface area contributed by atoms with Gasteiger partial charge in [0.1, 0.15) is 18.2 Å². The smallest absolute Gasteiger partial charge is 0.323 e. The van der Waals surface area contributed by atoms with Crippen molar-refractivity contribution in [2.45, 2.75) is 24.4 Å². The molecule has 6 nitrogen and oxygen atoms in total. The quantitative estimate of drug-likeness (QED) is 0.294. The lowest BCUT2D eigenvalue weighted by atomic mass is 9.96. The molecule has 0 amide bonds. The highest BCUT2D eigenvalue weighted by Gasteiger charge is 2.39. The largest absolute Gasteiger partial charge is 0.480 e. The van der Waals surface area contributed by atoms with Gasteiger partial charge in [0.25, 0.3) is 0 Å². The Balaban J connectivity index is 2.65. The molecule has 0 aromatic carbocycles. The fourth-order valence-electron chi connectivity index (χ4n) is 1.15. The molecule has 1 rings (SSSR count). The van der Waals surface area contributed by atoms with E-state index in [1.54, 1.807) is 0 Å². The number of carboxylic acid groups (broad SMARTS) is 1. The van der Waals surface area contributed by atoms with Gasteiger partial charge in [-0.05, 0) is 0 Å². The number of nitrogens with one attached hydrogen (secondary N) is 1. The van der Waals surface area contributed by atoms with E-state index in [0.29, 0.717) is 0 Å². The van der Waals surface area contributed by atoms with Gasteiger partial charge in [-0.2, -0.15) is 0 Å². The van der Waals surface area contributed by atoms with Crippen LogP contribution in [-0.2, 0) is 4.79 Å². The number of aliphatic carboxylic acids is 1. The third kappa shape index (κ3) is 1.56. The molecule has 70 valence electrons. The van der Waals surface area contributed by atoms with Crippen molar-refractivity contribution in [3.8, 4) is 0 Å². The molecular weight excluding hydrogens is 166 g/mol. The first kappa shape index (κ1) is 9.40. The van der Waals surface area contributed by atoms with Crippen LogP contribution in [0.5, 0.6) is 0 Å². The lowest BCUT2D eigenvalue weighted by molar-refractivity contribution is -0.152. The second-order valence-electron chi connectivity index (χ2n) is 2.77. The summed E-state index contributed by atoms with van der Waals surface area (Å²) in [6.07, 6.45) is -3.98. The summed E-state index contributed by atoms with van der Waals surface area (Å²) >= 11 is 0. The summed E-state index contributed by atoms with van der Waals surface area (Å²) in [5, 5.41) is 38.1. The molecule has 1 heterocycles. The van der Waals surface area contributed by atoms with Crippen molar-refractivity contribution in [1.29, 1.82) is 0 Å². The summed E-state index contributed by atoms with van der Waals surface area (Å²) in [5.41, 5.74) is 0. The molecule has 0 aliphatic carbocycles. The molecule has 1 saturated heterocycles. The first-order chi connectivity index (χ1) is 5.54. The molecule has 1 aliphatic heterocycles. The monoisotopic (exact) mass is 177 g/mol. The average Bonchev–Trinajstić information content (AvgIpc) is 2.00. The van der Waals surface area contributed by atoms with Crippen LogP contribution in [0.1, 0.15) is 0 Å². The lowest BCUT2D eigenvalue weighted by Gasteiger charge is -2.33. The average molecular weight is 177 g/mol. The number of aliphatic hydroxyl groups is 3. The minimum Gasteiger partial charge on any atom is -0.480 e.